The first-order valence-corrected chi connectivity index (χ1v) is 28.7. The molecule has 0 N–H and O–H groups in total. The second kappa shape index (κ2) is 13.7. The minimum atomic E-state index is -3.98. The molecule has 8 aromatic carbocycles. The third-order valence-corrected chi connectivity index (χ3v) is 26.1. The molecule has 0 amide bonds. The van der Waals surface area contributed by atoms with Crippen molar-refractivity contribution in [1.29, 1.82) is 0 Å². The van der Waals surface area contributed by atoms with Gasteiger partial charge in [-0.3, -0.25) is 0 Å². The first kappa shape index (κ1) is 37.9. The van der Waals surface area contributed by atoms with E-state index in [-0.39, 0.29) is 10.8 Å². The molecule has 0 spiro atoms. The molecule has 61 heavy (non-hydrogen) atoms. The molecule has 0 unspecified atom stereocenters. The Morgan fingerprint density at radius 3 is 1.00 bits per heavy atom. The Labute approximate surface area is 364 Å². The van der Waals surface area contributed by atoms with Crippen LogP contribution in [0.1, 0.15) is 52.7 Å². The number of benzene rings is 8. The fourth-order valence-electron chi connectivity index (χ4n) is 10.1. The average Bonchev–Trinajstić information content (AvgIpc) is 3.26. The fraction of sp³-hybridized carbons (Fsp3) is 0.158. The van der Waals surface area contributed by atoms with E-state index in [1.54, 1.807) is 0 Å². The Balaban J connectivity index is 1.29. The van der Waals surface area contributed by atoms with E-state index < -0.39 is 18.4 Å². The average molecular weight is 898 g/mol. The standard InChI is InChI=1S/C56H47N2O.CH3.Sn/c1-55(2,3)45-22-26-47(27-23-45)57-49-30-42(39-16-10-7-11-17-39)31-50(36-49)58(48-28-24-46(25-29-48)56(4,5)6)52-33-44(41-20-14-9-15-21-41)35-54(38-52)59-53-34-43(32-51(57)37-53)40-18-12-8-13-19-40;;/h7-35H,1-6H3;1H3;. The van der Waals surface area contributed by atoms with Gasteiger partial charge in [0.2, 0.25) is 0 Å². The summed E-state index contributed by atoms with van der Waals surface area (Å²) in [5, 5.41) is 0. The van der Waals surface area contributed by atoms with Crippen LogP contribution in [0.5, 0.6) is 11.5 Å². The van der Waals surface area contributed by atoms with Gasteiger partial charge in [-0.2, -0.15) is 0 Å². The van der Waals surface area contributed by atoms with Crippen molar-refractivity contribution in [3.8, 4) is 44.9 Å². The molecule has 11 rings (SSSR count). The van der Waals surface area contributed by atoms with Crippen molar-refractivity contribution in [3.05, 3.63) is 187 Å². The summed E-state index contributed by atoms with van der Waals surface area (Å²) in [6.45, 7) is 13.8. The van der Waals surface area contributed by atoms with Crippen LogP contribution in [0, 0.1) is 0 Å². The quantitative estimate of drug-likeness (QED) is 0.160. The Kier molecular flexibility index (Phi) is 8.54. The summed E-state index contributed by atoms with van der Waals surface area (Å²) in [4.78, 5) is 7.80. The Hall–Kier alpha value is -6.04. The maximum atomic E-state index is 7.43. The van der Waals surface area contributed by atoms with Gasteiger partial charge in [0.1, 0.15) is 0 Å². The van der Waals surface area contributed by atoms with Crippen LogP contribution in [-0.4, -0.2) is 18.4 Å². The van der Waals surface area contributed by atoms with Crippen molar-refractivity contribution >= 4 is 63.2 Å². The third kappa shape index (κ3) is 5.99. The van der Waals surface area contributed by atoms with Gasteiger partial charge in [0.15, 0.2) is 0 Å². The molecule has 0 atom stereocenters. The van der Waals surface area contributed by atoms with Crippen molar-refractivity contribution in [2.75, 3.05) is 9.80 Å². The summed E-state index contributed by atoms with van der Waals surface area (Å²) in [6, 6.07) is 65.7. The molecule has 0 fully saturated rings. The summed E-state index contributed by atoms with van der Waals surface area (Å²) in [6.07, 6.45) is 0. The summed E-state index contributed by atoms with van der Waals surface area (Å²) < 4.78 is 11.7. The van der Waals surface area contributed by atoms with Crippen LogP contribution in [-0.2, 0) is 10.8 Å². The van der Waals surface area contributed by atoms with Crippen LogP contribution < -0.4 is 25.3 Å². The van der Waals surface area contributed by atoms with Gasteiger partial charge in [0.05, 0.1) is 0 Å². The molecule has 3 aliphatic rings. The molecule has 298 valence electrons. The molecule has 0 bridgehead atoms. The Morgan fingerprint density at radius 1 is 0.361 bits per heavy atom. The van der Waals surface area contributed by atoms with E-state index in [9.17, 15) is 0 Å². The number of anilines is 6. The molecule has 8 aromatic rings. The summed E-state index contributed by atoms with van der Waals surface area (Å²) in [7, 11) is 0. The molecule has 4 heteroatoms. The Bertz CT molecular complexity index is 2820. The van der Waals surface area contributed by atoms with Gasteiger partial charge in [-0.15, -0.1) is 0 Å². The van der Waals surface area contributed by atoms with Crippen molar-refractivity contribution in [1.82, 2.24) is 0 Å². The molecule has 0 saturated heterocycles. The number of ether oxygens (including phenoxy) is 1. The molecule has 3 aliphatic heterocycles. The van der Waals surface area contributed by atoms with E-state index in [1.165, 1.54) is 66.9 Å². The van der Waals surface area contributed by atoms with Gasteiger partial charge in [0.25, 0.3) is 0 Å². The predicted molar refractivity (Wildman–Crippen MR) is 260 cm³/mol. The second-order valence-electron chi connectivity index (χ2n) is 19.2. The molecule has 0 radical (unpaired) electrons. The van der Waals surface area contributed by atoms with Crippen LogP contribution in [0.3, 0.4) is 0 Å². The zero-order chi connectivity index (χ0) is 41.8. The van der Waals surface area contributed by atoms with Crippen LogP contribution in [0.4, 0.5) is 34.1 Å². The van der Waals surface area contributed by atoms with Gasteiger partial charge < -0.3 is 0 Å². The van der Waals surface area contributed by atoms with Crippen molar-refractivity contribution in [2.45, 2.75) is 57.3 Å². The summed E-state index contributed by atoms with van der Waals surface area (Å²) >= 11 is -3.98. The van der Waals surface area contributed by atoms with Crippen molar-refractivity contribution < 1.29 is 4.74 Å². The van der Waals surface area contributed by atoms with Crippen molar-refractivity contribution in [2.24, 2.45) is 0 Å². The van der Waals surface area contributed by atoms with E-state index in [1.807, 2.05) is 0 Å². The molecule has 3 heterocycles. The minimum absolute atomic E-state index is 0.0316. The molecule has 0 aliphatic carbocycles. The van der Waals surface area contributed by atoms with E-state index in [4.69, 9.17) is 4.74 Å². The van der Waals surface area contributed by atoms with Gasteiger partial charge in [-0.1, -0.05) is 0 Å². The number of rotatable bonds is 5. The van der Waals surface area contributed by atoms with E-state index >= 15 is 0 Å². The number of nitrogens with zero attached hydrogens (tertiary/aromatic N) is 2. The van der Waals surface area contributed by atoms with Crippen LogP contribution in [0.25, 0.3) is 33.4 Å². The Morgan fingerprint density at radius 2 is 0.672 bits per heavy atom. The van der Waals surface area contributed by atoms with Crippen LogP contribution >= 0.6 is 0 Å². The summed E-state index contributed by atoms with van der Waals surface area (Å²) in [5.41, 5.74) is 17.1. The number of hydrogen-bond acceptors (Lipinski definition) is 3. The first-order chi connectivity index (χ1) is 29.4. The second-order valence-corrected chi connectivity index (χ2v) is 29.9. The zero-order valence-corrected chi connectivity index (χ0v) is 38.9. The normalized spacial score (nSPS) is 14.3. The monoisotopic (exact) mass is 898 g/mol. The van der Waals surface area contributed by atoms with Gasteiger partial charge >= 0.3 is 367 Å². The van der Waals surface area contributed by atoms with Gasteiger partial charge in [-0.25, -0.2) is 0 Å². The number of hydrogen-bond donors (Lipinski definition) is 0. The third-order valence-electron chi connectivity index (χ3n) is 13.2. The molecular weight excluding hydrogens is 847 g/mol. The van der Waals surface area contributed by atoms with E-state index in [2.05, 4.69) is 232 Å². The maximum absolute atomic E-state index is 7.43. The molecule has 3 nitrogen and oxygen atoms in total. The fourth-order valence-corrected chi connectivity index (χ4v) is 23.7. The van der Waals surface area contributed by atoms with E-state index in [0.717, 1.165) is 34.0 Å². The SMILES string of the molecule is CC(C)(C)c1ccc(N2c3cc(-c4ccccc4)cc4[c]3[Sn]3([CH3])[c]5c(cc(-c6ccccc6)cc5N(c5ccc(C(C)(C)C)cc5)c5cc(-c6ccccc6)cc2[c]53)O4)cc1. The van der Waals surface area contributed by atoms with Crippen molar-refractivity contribution in [3.63, 3.8) is 0 Å². The molecular formula is C57H50N2OSn. The van der Waals surface area contributed by atoms with E-state index in [0.29, 0.717) is 0 Å². The summed E-state index contributed by atoms with van der Waals surface area (Å²) in [5.74, 6) is 1.97. The topological polar surface area (TPSA) is 15.7 Å². The molecule has 0 saturated carbocycles. The predicted octanol–water partition coefficient (Wildman–Crippen LogP) is 14.1. The van der Waals surface area contributed by atoms with Gasteiger partial charge in [0, 0.05) is 0 Å². The van der Waals surface area contributed by atoms with Crippen LogP contribution in [0.15, 0.2) is 176 Å². The first-order valence-electron chi connectivity index (χ1n) is 21.6. The zero-order valence-electron chi connectivity index (χ0n) is 36.0. The van der Waals surface area contributed by atoms with Gasteiger partial charge in [-0.05, 0) is 0 Å². The molecule has 0 aromatic heterocycles. The van der Waals surface area contributed by atoms with Crippen LogP contribution in [0.2, 0.25) is 4.94 Å².